The first kappa shape index (κ1) is 15.5. The van der Waals surface area contributed by atoms with Gasteiger partial charge >= 0.3 is 0 Å². The van der Waals surface area contributed by atoms with Crippen molar-refractivity contribution < 1.29 is 4.74 Å². The number of hydrogen-bond donors (Lipinski definition) is 1. The van der Waals surface area contributed by atoms with Crippen LogP contribution in [-0.2, 0) is 11.2 Å². The molecular formula is C15H24ClNO. The third kappa shape index (κ3) is 7.00. The van der Waals surface area contributed by atoms with Crippen LogP contribution in [0.1, 0.15) is 32.3 Å². The average Bonchev–Trinajstić information content (AvgIpc) is 2.36. The predicted octanol–water partition coefficient (Wildman–Crippen LogP) is 3.68. The zero-order valence-electron chi connectivity index (χ0n) is 11.4. The molecule has 0 aliphatic rings. The average molecular weight is 270 g/mol. The molecule has 0 amide bonds. The Morgan fingerprint density at radius 3 is 2.61 bits per heavy atom. The molecule has 0 saturated heterocycles. The normalized spacial score (nSPS) is 12.6. The van der Waals surface area contributed by atoms with Crippen LogP contribution in [-0.4, -0.2) is 25.8 Å². The minimum atomic E-state index is 0.484. The van der Waals surface area contributed by atoms with Gasteiger partial charge in [-0.3, -0.25) is 0 Å². The summed E-state index contributed by atoms with van der Waals surface area (Å²) < 4.78 is 5.44. The lowest BCUT2D eigenvalue weighted by Crippen LogP contribution is -2.29. The van der Waals surface area contributed by atoms with E-state index in [-0.39, 0.29) is 0 Å². The molecule has 0 saturated carbocycles. The summed E-state index contributed by atoms with van der Waals surface area (Å²) in [6, 6.07) is 8.55. The van der Waals surface area contributed by atoms with Crippen molar-refractivity contribution in [1.82, 2.24) is 5.32 Å². The van der Waals surface area contributed by atoms with E-state index in [0.717, 1.165) is 44.0 Å². The molecule has 0 spiro atoms. The molecule has 18 heavy (non-hydrogen) atoms. The van der Waals surface area contributed by atoms with Crippen molar-refractivity contribution in [1.29, 1.82) is 0 Å². The molecule has 0 bridgehead atoms. The number of hydrogen-bond acceptors (Lipinski definition) is 2. The molecule has 0 fully saturated rings. The van der Waals surface area contributed by atoms with Gasteiger partial charge in [-0.15, -0.1) is 0 Å². The van der Waals surface area contributed by atoms with Gasteiger partial charge < -0.3 is 10.1 Å². The summed E-state index contributed by atoms with van der Waals surface area (Å²) >= 11 is 5.86. The van der Waals surface area contributed by atoms with Gasteiger partial charge in [0.05, 0.1) is 0 Å². The zero-order valence-corrected chi connectivity index (χ0v) is 12.2. The van der Waals surface area contributed by atoms with Crippen molar-refractivity contribution in [3.8, 4) is 0 Å². The lowest BCUT2D eigenvalue weighted by molar-refractivity contribution is 0.132. The fourth-order valence-corrected chi connectivity index (χ4v) is 1.94. The number of nitrogens with one attached hydrogen (secondary N) is 1. The molecule has 102 valence electrons. The van der Waals surface area contributed by atoms with Gasteiger partial charge in [-0.2, -0.15) is 0 Å². The summed E-state index contributed by atoms with van der Waals surface area (Å²) in [4.78, 5) is 0. The molecule has 1 rings (SSSR count). The minimum absolute atomic E-state index is 0.484. The summed E-state index contributed by atoms with van der Waals surface area (Å²) in [5.74, 6) is 0. The first-order chi connectivity index (χ1) is 8.72. The second kappa shape index (κ2) is 9.37. The monoisotopic (exact) mass is 269 g/mol. The highest BCUT2D eigenvalue weighted by Gasteiger charge is 2.02. The topological polar surface area (TPSA) is 21.3 Å². The van der Waals surface area contributed by atoms with E-state index >= 15 is 0 Å². The van der Waals surface area contributed by atoms with E-state index in [0.29, 0.717) is 6.04 Å². The molecule has 1 N–H and O–H groups in total. The summed E-state index contributed by atoms with van der Waals surface area (Å²) in [6.45, 7) is 7.08. The molecule has 0 aliphatic heterocycles. The van der Waals surface area contributed by atoms with Crippen LogP contribution in [0.25, 0.3) is 0 Å². The Kier molecular flexibility index (Phi) is 8.06. The molecule has 1 aromatic carbocycles. The highest BCUT2D eigenvalue weighted by atomic mass is 35.5. The third-order valence-corrected chi connectivity index (χ3v) is 3.01. The standard InChI is InChI=1S/C15H24ClNO/c1-3-10-18-11-4-9-17-13(2)12-14-5-7-15(16)8-6-14/h5-8,13,17H,3-4,9-12H2,1-2H3. The second-order valence-corrected chi connectivity index (χ2v) is 5.09. The molecular weight excluding hydrogens is 246 g/mol. The number of ether oxygens (including phenoxy) is 1. The number of halogens is 1. The van der Waals surface area contributed by atoms with Gasteiger partial charge in [0.15, 0.2) is 0 Å². The lowest BCUT2D eigenvalue weighted by Gasteiger charge is -2.14. The predicted molar refractivity (Wildman–Crippen MR) is 78.3 cm³/mol. The molecule has 1 aromatic rings. The van der Waals surface area contributed by atoms with Crippen molar-refractivity contribution in [3.05, 3.63) is 34.9 Å². The van der Waals surface area contributed by atoms with Crippen LogP contribution in [0, 0.1) is 0 Å². The third-order valence-electron chi connectivity index (χ3n) is 2.76. The second-order valence-electron chi connectivity index (χ2n) is 4.65. The summed E-state index contributed by atoms with van der Waals surface area (Å²) in [7, 11) is 0. The Hall–Kier alpha value is -0.570. The highest BCUT2D eigenvalue weighted by Crippen LogP contribution is 2.10. The quantitative estimate of drug-likeness (QED) is 0.691. The largest absolute Gasteiger partial charge is 0.381 e. The van der Waals surface area contributed by atoms with Crippen molar-refractivity contribution in [2.75, 3.05) is 19.8 Å². The van der Waals surface area contributed by atoms with Crippen LogP contribution in [0.5, 0.6) is 0 Å². The van der Waals surface area contributed by atoms with Crippen LogP contribution in [0.2, 0.25) is 5.02 Å². The number of benzene rings is 1. The van der Waals surface area contributed by atoms with Crippen LogP contribution in [0.4, 0.5) is 0 Å². The SMILES string of the molecule is CCCOCCCNC(C)Cc1ccc(Cl)cc1. The maximum Gasteiger partial charge on any atom is 0.0478 e. The zero-order chi connectivity index (χ0) is 13.2. The Morgan fingerprint density at radius 2 is 1.94 bits per heavy atom. The Labute approximate surface area is 116 Å². The van der Waals surface area contributed by atoms with E-state index < -0.39 is 0 Å². The van der Waals surface area contributed by atoms with Crippen LogP contribution in [0.15, 0.2) is 24.3 Å². The van der Waals surface area contributed by atoms with Gasteiger partial charge in [0, 0.05) is 24.3 Å². The van der Waals surface area contributed by atoms with Crippen molar-refractivity contribution in [3.63, 3.8) is 0 Å². The van der Waals surface area contributed by atoms with E-state index in [1.807, 2.05) is 12.1 Å². The van der Waals surface area contributed by atoms with Crippen LogP contribution < -0.4 is 5.32 Å². The van der Waals surface area contributed by atoms with E-state index in [9.17, 15) is 0 Å². The van der Waals surface area contributed by atoms with Gasteiger partial charge in [0.1, 0.15) is 0 Å². The first-order valence-corrected chi connectivity index (χ1v) is 7.15. The van der Waals surface area contributed by atoms with E-state index in [4.69, 9.17) is 16.3 Å². The van der Waals surface area contributed by atoms with Crippen LogP contribution >= 0.6 is 11.6 Å². The molecule has 2 nitrogen and oxygen atoms in total. The summed E-state index contributed by atoms with van der Waals surface area (Å²) in [6.07, 6.45) is 3.21. The van der Waals surface area contributed by atoms with Gasteiger partial charge in [-0.25, -0.2) is 0 Å². The van der Waals surface area contributed by atoms with Gasteiger partial charge in [0.25, 0.3) is 0 Å². The van der Waals surface area contributed by atoms with Crippen LogP contribution in [0.3, 0.4) is 0 Å². The minimum Gasteiger partial charge on any atom is -0.381 e. The smallest absolute Gasteiger partial charge is 0.0478 e. The molecule has 0 radical (unpaired) electrons. The molecule has 3 heteroatoms. The van der Waals surface area contributed by atoms with Gasteiger partial charge in [-0.05, 0) is 50.4 Å². The van der Waals surface area contributed by atoms with E-state index in [2.05, 4.69) is 31.3 Å². The van der Waals surface area contributed by atoms with Gasteiger partial charge in [0.2, 0.25) is 0 Å². The fourth-order valence-electron chi connectivity index (χ4n) is 1.82. The molecule has 1 unspecified atom stereocenters. The maximum atomic E-state index is 5.86. The molecule has 0 heterocycles. The number of rotatable bonds is 9. The van der Waals surface area contributed by atoms with Gasteiger partial charge in [-0.1, -0.05) is 30.7 Å². The molecule has 0 aromatic heterocycles. The summed E-state index contributed by atoms with van der Waals surface area (Å²) in [5, 5.41) is 4.31. The van der Waals surface area contributed by atoms with Crippen molar-refractivity contribution >= 4 is 11.6 Å². The molecule has 1 atom stereocenters. The Morgan fingerprint density at radius 1 is 1.22 bits per heavy atom. The highest BCUT2D eigenvalue weighted by molar-refractivity contribution is 6.30. The Balaban J connectivity index is 2.10. The van der Waals surface area contributed by atoms with E-state index in [1.165, 1.54) is 5.56 Å². The van der Waals surface area contributed by atoms with Crippen molar-refractivity contribution in [2.24, 2.45) is 0 Å². The molecule has 0 aliphatic carbocycles. The Bertz CT molecular complexity index is 313. The maximum absolute atomic E-state index is 5.86. The summed E-state index contributed by atoms with van der Waals surface area (Å²) in [5.41, 5.74) is 1.32. The van der Waals surface area contributed by atoms with Crippen molar-refractivity contribution in [2.45, 2.75) is 39.2 Å². The van der Waals surface area contributed by atoms with E-state index in [1.54, 1.807) is 0 Å². The first-order valence-electron chi connectivity index (χ1n) is 6.78. The fraction of sp³-hybridized carbons (Fsp3) is 0.600. The lowest BCUT2D eigenvalue weighted by atomic mass is 10.1.